The van der Waals surface area contributed by atoms with Crippen molar-refractivity contribution in [2.24, 2.45) is 0 Å². The standard InChI is InChI=1S/C12H17ClN2OS/c1-10-8-17-9-11(10)12(16)15-6-4-14(3-2-13)5-7-15/h8-9H,2-7H2,1H3. The first-order valence-electron chi connectivity index (χ1n) is 5.82. The van der Waals surface area contributed by atoms with Crippen LogP contribution < -0.4 is 0 Å². The van der Waals surface area contributed by atoms with Crippen molar-refractivity contribution in [1.29, 1.82) is 0 Å². The maximum atomic E-state index is 12.2. The fourth-order valence-corrected chi connectivity index (χ4v) is 3.11. The van der Waals surface area contributed by atoms with Gasteiger partial charge in [-0.15, -0.1) is 11.6 Å². The predicted octanol–water partition coefficient (Wildman–Crippen LogP) is 2.05. The highest BCUT2D eigenvalue weighted by molar-refractivity contribution is 7.08. The van der Waals surface area contributed by atoms with Crippen molar-refractivity contribution in [3.8, 4) is 0 Å². The summed E-state index contributed by atoms with van der Waals surface area (Å²) in [5, 5.41) is 3.97. The van der Waals surface area contributed by atoms with E-state index >= 15 is 0 Å². The lowest BCUT2D eigenvalue weighted by atomic mass is 10.2. The Morgan fingerprint density at radius 3 is 2.59 bits per heavy atom. The number of amides is 1. The average molecular weight is 273 g/mol. The molecule has 2 heterocycles. The third-order valence-corrected chi connectivity index (χ3v) is 4.18. The van der Waals surface area contributed by atoms with Gasteiger partial charge in [0.15, 0.2) is 0 Å². The SMILES string of the molecule is Cc1cscc1C(=O)N1CCN(CCCl)CC1. The quantitative estimate of drug-likeness (QED) is 0.787. The molecule has 1 aliphatic heterocycles. The molecule has 1 saturated heterocycles. The van der Waals surface area contributed by atoms with Gasteiger partial charge >= 0.3 is 0 Å². The van der Waals surface area contributed by atoms with Crippen molar-refractivity contribution < 1.29 is 4.79 Å². The Kier molecular flexibility index (Phi) is 4.42. The van der Waals surface area contributed by atoms with Crippen molar-refractivity contribution in [3.05, 3.63) is 21.9 Å². The van der Waals surface area contributed by atoms with Crippen molar-refractivity contribution in [1.82, 2.24) is 9.80 Å². The van der Waals surface area contributed by atoms with Crippen LogP contribution in [0.2, 0.25) is 0 Å². The van der Waals surface area contributed by atoms with Gasteiger partial charge in [-0.05, 0) is 17.9 Å². The molecular weight excluding hydrogens is 256 g/mol. The molecule has 1 amide bonds. The van der Waals surface area contributed by atoms with Crippen LogP contribution in [0.15, 0.2) is 10.8 Å². The molecule has 1 aromatic heterocycles. The van der Waals surface area contributed by atoms with Crippen LogP contribution >= 0.6 is 22.9 Å². The minimum absolute atomic E-state index is 0.175. The summed E-state index contributed by atoms with van der Waals surface area (Å²) in [6.07, 6.45) is 0. The van der Waals surface area contributed by atoms with Crippen molar-refractivity contribution in [3.63, 3.8) is 0 Å². The molecule has 0 bridgehead atoms. The maximum absolute atomic E-state index is 12.2. The summed E-state index contributed by atoms with van der Waals surface area (Å²) >= 11 is 7.31. The number of hydrogen-bond donors (Lipinski definition) is 0. The molecule has 0 radical (unpaired) electrons. The molecule has 0 spiro atoms. The molecule has 1 aliphatic rings. The monoisotopic (exact) mass is 272 g/mol. The molecule has 0 aliphatic carbocycles. The van der Waals surface area contributed by atoms with Gasteiger partial charge in [-0.2, -0.15) is 11.3 Å². The molecule has 2 rings (SSSR count). The van der Waals surface area contributed by atoms with E-state index in [9.17, 15) is 4.79 Å². The molecule has 3 nitrogen and oxygen atoms in total. The fraction of sp³-hybridized carbons (Fsp3) is 0.583. The van der Waals surface area contributed by atoms with Crippen LogP contribution in [0.4, 0.5) is 0 Å². The summed E-state index contributed by atoms with van der Waals surface area (Å²) in [7, 11) is 0. The largest absolute Gasteiger partial charge is 0.336 e. The summed E-state index contributed by atoms with van der Waals surface area (Å²) in [6, 6.07) is 0. The number of nitrogens with zero attached hydrogens (tertiary/aromatic N) is 2. The van der Waals surface area contributed by atoms with Crippen LogP contribution in [0, 0.1) is 6.92 Å². The summed E-state index contributed by atoms with van der Waals surface area (Å²) in [5.74, 6) is 0.840. The molecule has 0 N–H and O–H groups in total. The van der Waals surface area contributed by atoms with E-state index in [0.717, 1.165) is 43.9 Å². The highest BCUT2D eigenvalue weighted by Gasteiger charge is 2.22. The van der Waals surface area contributed by atoms with Gasteiger partial charge in [0, 0.05) is 44.0 Å². The lowest BCUT2D eigenvalue weighted by molar-refractivity contribution is 0.0644. The summed E-state index contributed by atoms with van der Waals surface area (Å²) in [6.45, 7) is 6.40. The Hall–Kier alpha value is -0.580. The third-order valence-electron chi connectivity index (χ3n) is 3.15. The normalized spacial score (nSPS) is 17.4. The minimum Gasteiger partial charge on any atom is -0.336 e. The lowest BCUT2D eigenvalue weighted by Crippen LogP contribution is -2.49. The van der Waals surface area contributed by atoms with Gasteiger partial charge in [-0.1, -0.05) is 0 Å². The van der Waals surface area contributed by atoms with Gasteiger partial charge < -0.3 is 4.90 Å². The first-order valence-corrected chi connectivity index (χ1v) is 7.30. The molecule has 0 saturated carbocycles. The highest BCUT2D eigenvalue weighted by Crippen LogP contribution is 2.17. The Balaban J connectivity index is 1.93. The second kappa shape index (κ2) is 5.85. The third kappa shape index (κ3) is 3.00. The van der Waals surface area contributed by atoms with E-state index in [4.69, 9.17) is 11.6 Å². The second-order valence-corrected chi connectivity index (χ2v) is 5.41. The molecule has 1 fully saturated rings. The number of thiophene rings is 1. The number of alkyl halides is 1. The summed E-state index contributed by atoms with van der Waals surface area (Å²) in [5.41, 5.74) is 1.95. The lowest BCUT2D eigenvalue weighted by Gasteiger charge is -2.34. The van der Waals surface area contributed by atoms with Crippen molar-refractivity contribution in [2.45, 2.75) is 6.92 Å². The molecular formula is C12H17ClN2OS. The van der Waals surface area contributed by atoms with Crippen LogP contribution in [0.1, 0.15) is 15.9 Å². The van der Waals surface area contributed by atoms with Crippen molar-refractivity contribution in [2.75, 3.05) is 38.6 Å². The Bertz CT molecular complexity index is 386. The Morgan fingerprint density at radius 2 is 2.06 bits per heavy atom. The van der Waals surface area contributed by atoms with Crippen LogP contribution in [0.25, 0.3) is 0 Å². The zero-order valence-corrected chi connectivity index (χ0v) is 11.6. The number of aryl methyl sites for hydroxylation is 1. The smallest absolute Gasteiger partial charge is 0.255 e. The summed E-state index contributed by atoms with van der Waals surface area (Å²) < 4.78 is 0. The topological polar surface area (TPSA) is 23.6 Å². The summed E-state index contributed by atoms with van der Waals surface area (Å²) in [4.78, 5) is 16.5. The zero-order chi connectivity index (χ0) is 12.3. The highest BCUT2D eigenvalue weighted by atomic mass is 35.5. The predicted molar refractivity (Wildman–Crippen MR) is 72.1 cm³/mol. The second-order valence-electron chi connectivity index (χ2n) is 4.29. The molecule has 5 heteroatoms. The fourth-order valence-electron chi connectivity index (χ4n) is 2.04. The molecule has 0 atom stereocenters. The first-order chi connectivity index (χ1) is 8.22. The van der Waals surface area contributed by atoms with Gasteiger partial charge in [0.1, 0.15) is 0 Å². The molecule has 17 heavy (non-hydrogen) atoms. The molecule has 94 valence electrons. The molecule has 0 unspecified atom stereocenters. The Labute approximate surface area is 111 Å². The van der Waals surface area contributed by atoms with Crippen LogP contribution in [-0.4, -0.2) is 54.3 Å². The number of piperazine rings is 1. The van der Waals surface area contributed by atoms with E-state index < -0.39 is 0 Å². The molecule has 0 aromatic carbocycles. The Morgan fingerprint density at radius 1 is 1.35 bits per heavy atom. The van der Waals surface area contributed by atoms with Gasteiger partial charge in [-0.3, -0.25) is 9.69 Å². The zero-order valence-electron chi connectivity index (χ0n) is 9.99. The van der Waals surface area contributed by atoms with Crippen LogP contribution in [-0.2, 0) is 0 Å². The van der Waals surface area contributed by atoms with E-state index in [-0.39, 0.29) is 5.91 Å². The number of carbonyl (C=O) groups excluding carboxylic acids is 1. The average Bonchev–Trinajstić information content (AvgIpc) is 2.76. The minimum atomic E-state index is 0.175. The van der Waals surface area contributed by atoms with E-state index in [2.05, 4.69) is 4.90 Å². The number of carbonyl (C=O) groups is 1. The van der Waals surface area contributed by atoms with Crippen LogP contribution in [0.3, 0.4) is 0 Å². The molecule has 1 aromatic rings. The van der Waals surface area contributed by atoms with E-state index in [0.29, 0.717) is 5.88 Å². The number of hydrogen-bond acceptors (Lipinski definition) is 3. The first kappa shape index (κ1) is 12.9. The number of rotatable bonds is 3. The maximum Gasteiger partial charge on any atom is 0.255 e. The van der Waals surface area contributed by atoms with E-state index in [1.165, 1.54) is 0 Å². The van der Waals surface area contributed by atoms with Gasteiger partial charge in [0.2, 0.25) is 0 Å². The van der Waals surface area contributed by atoms with Gasteiger partial charge in [-0.25, -0.2) is 0 Å². The van der Waals surface area contributed by atoms with Gasteiger partial charge in [0.05, 0.1) is 5.56 Å². The van der Waals surface area contributed by atoms with Gasteiger partial charge in [0.25, 0.3) is 5.91 Å². The van der Waals surface area contributed by atoms with Crippen molar-refractivity contribution >= 4 is 28.8 Å². The number of halogens is 1. The van der Waals surface area contributed by atoms with E-state index in [1.807, 2.05) is 22.6 Å². The van der Waals surface area contributed by atoms with E-state index in [1.54, 1.807) is 11.3 Å². The van der Waals surface area contributed by atoms with Crippen LogP contribution in [0.5, 0.6) is 0 Å².